The van der Waals surface area contributed by atoms with Gasteiger partial charge in [0.1, 0.15) is 46.2 Å². The SMILES string of the molecule is C.C=C(C)C(=O)OCCO.C=C(C)C(=O)OCCOC(=O)C(=O)Cl.C=C(C)C(=O)OCCOC(=O)C(=O)OCCCOC(=O)C(=O)OCCOC(=O)C(=C)C.CCCCO.O=C(Cl)C(=O)Cl. The molecule has 0 aliphatic rings. The fraction of sp³-hybridized carbons (Fsp3) is 0.500. The van der Waals surface area contributed by atoms with Crippen molar-refractivity contribution >= 4 is 104 Å². The van der Waals surface area contributed by atoms with E-state index in [9.17, 15) is 57.5 Å². The average Bonchev–Trinajstić information content (AvgIpc) is 3.24. The second-order valence-electron chi connectivity index (χ2n) is 11.3. The lowest BCUT2D eigenvalue weighted by Gasteiger charge is -2.07. The molecule has 0 heterocycles. The fourth-order valence-electron chi connectivity index (χ4n) is 2.28. The summed E-state index contributed by atoms with van der Waals surface area (Å²) in [6.45, 7) is 19.5. The van der Waals surface area contributed by atoms with Crippen molar-refractivity contribution in [2.75, 3.05) is 72.7 Å². The summed E-state index contributed by atoms with van der Waals surface area (Å²) in [5, 5.41) is 12.8. The molecule has 0 saturated heterocycles. The van der Waals surface area contributed by atoms with Crippen molar-refractivity contribution < 1.29 is 110 Å². The maximum absolute atomic E-state index is 11.4. The summed E-state index contributed by atoms with van der Waals surface area (Å²) in [5.41, 5.74) is 0.931. The summed E-state index contributed by atoms with van der Waals surface area (Å²) in [6.07, 6.45) is 2.03. The zero-order valence-electron chi connectivity index (χ0n) is 36.3. The molecule has 0 atom stereocenters. The van der Waals surface area contributed by atoms with E-state index >= 15 is 0 Å². The van der Waals surface area contributed by atoms with Crippen LogP contribution in [0.15, 0.2) is 48.6 Å². The summed E-state index contributed by atoms with van der Waals surface area (Å²) >= 11 is 13.8. The molecule has 2 N–H and O–H groups in total. The third kappa shape index (κ3) is 50.6. The van der Waals surface area contributed by atoms with Gasteiger partial charge in [0.05, 0.1) is 19.8 Å². The van der Waals surface area contributed by atoms with Crippen LogP contribution < -0.4 is 0 Å². The minimum atomic E-state index is -1.29. The third-order valence-electron chi connectivity index (χ3n) is 5.28. The molecule has 376 valence electrons. The van der Waals surface area contributed by atoms with Crippen LogP contribution in [0.25, 0.3) is 0 Å². The van der Waals surface area contributed by atoms with E-state index in [1.54, 1.807) is 6.92 Å². The molecule has 0 aromatic heterocycles. The average molecular weight is 1010 g/mol. The van der Waals surface area contributed by atoms with Gasteiger partial charge in [0.15, 0.2) is 0 Å². The van der Waals surface area contributed by atoms with Crippen molar-refractivity contribution in [1.82, 2.24) is 0 Å². The Hall–Kier alpha value is -6.01. The zero-order chi connectivity index (χ0) is 51.5. The molecule has 66 heavy (non-hydrogen) atoms. The number of hydrogen-bond donors (Lipinski definition) is 2. The lowest BCUT2D eigenvalue weighted by atomic mass is 10.4. The first-order valence-electron chi connectivity index (χ1n) is 18.2. The largest absolute Gasteiger partial charge is 0.460 e. The molecule has 0 saturated carbocycles. The first-order chi connectivity index (χ1) is 30.2. The monoisotopic (exact) mass is 1010 g/mol. The topological polar surface area (TPSA) is 328 Å². The Morgan fingerprint density at radius 3 is 0.758 bits per heavy atom. The van der Waals surface area contributed by atoms with Crippen LogP contribution in [0.4, 0.5) is 0 Å². The number of carbonyl (C=O) groups excluding carboxylic acids is 12. The van der Waals surface area contributed by atoms with Crippen LogP contribution in [0.3, 0.4) is 0 Å². The molecule has 23 nitrogen and oxygen atoms in total. The van der Waals surface area contributed by atoms with Crippen molar-refractivity contribution in [3.63, 3.8) is 0 Å². The van der Waals surface area contributed by atoms with Gasteiger partial charge in [-0.2, -0.15) is 0 Å². The highest BCUT2D eigenvalue weighted by molar-refractivity contribution is 6.97. The van der Waals surface area contributed by atoms with Gasteiger partial charge in [0.25, 0.3) is 0 Å². The van der Waals surface area contributed by atoms with Crippen LogP contribution >= 0.6 is 34.8 Å². The van der Waals surface area contributed by atoms with Gasteiger partial charge in [-0.25, -0.2) is 43.2 Å². The van der Waals surface area contributed by atoms with Crippen molar-refractivity contribution in [1.29, 1.82) is 0 Å². The normalized spacial score (nSPS) is 8.94. The van der Waals surface area contributed by atoms with Crippen LogP contribution in [0.2, 0.25) is 0 Å². The molecule has 0 unspecified atom stereocenters. The molecule has 0 rings (SSSR count). The van der Waals surface area contributed by atoms with Gasteiger partial charge in [-0.1, -0.05) is 47.1 Å². The molecule has 0 aliphatic carbocycles. The van der Waals surface area contributed by atoms with Gasteiger partial charge >= 0.3 is 69.5 Å². The number of hydrogen-bond acceptors (Lipinski definition) is 23. The number of esters is 9. The molecular formula is C40H57Cl3O23. The Kier molecular flexibility index (Phi) is 51.0. The highest BCUT2D eigenvalue weighted by atomic mass is 35.5. The van der Waals surface area contributed by atoms with Crippen molar-refractivity contribution in [2.45, 2.75) is 61.3 Å². The molecule has 0 bridgehead atoms. The summed E-state index contributed by atoms with van der Waals surface area (Å²) in [5.74, 6) is -8.70. The highest BCUT2D eigenvalue weighted by Crippen LogP contribution is 1.97. The number of rotatable bonds is 23. The van der Waals surface area contributed by atoms with Crippen LogP contribution in [0.5, 0.6) is 0 Å². The van der Waals surface area contributed by atoms with Gasteiger partial charge in [0, 0.05) is 35.3 Å². The summed E-state index contributed by atoms with van der Waals surface area (Å²) in [4.78, 5) is 128. The third-order valence-corrected chi connectivity index (χ3v) is 5.88. The first kappa shape index (κ1) is 71.6. The lowest BCUT2D eigenvalue weighted by molar-refractivity contribution is -0.171. The Balaban J connectivity index is -0.000000209. The van der Waals surface area contributed by atoms with Crippen LogP contribution in [0, 0.1) is 0 Å². The lowest BCUT2D eigenvalue weighted by Crippen LogP contribution is -2.25. The van der Waals surface area contributed by atoms with Gasteiger partial charge in [-0.15, -0.1) is 0 Å². The quantitative estimate of drug-likeness (QED) is 0.0370. The van der Waals surface area contributed by atoms with E-state index in [4.69, 9.17) is 21.8 Å². The number of aliphatic hydroxyl groups is 2. The fourth-order valence-corrected chi connectivity index (χ4v) is 2.33. The van der Waals surface area contributed by atoms with E-state index in [0.717, 1.165) is 12.8 Å². The summed E-state index contributed by atoms with van der Waals surface area (Å²) in [7, 11) is 0. The maximum atomic E-state index is 11.4. The van der Waals surface area contributed by atoms with E-state index < -0.39 is 69.5 Å². The Morgan fingerprint density at radius 2 is 0.576 bits per heavy atom. The molecule has 26 heteroatoms. The predicted molar refractivity (Wildman–Crippen MR) is 231 cm³/mol. The molecular weight excluding hydrogens is 955 g/mol. The number of carbonyl (C=O) groups is 12. The number of unbranched alkanes of at least 4 members (excludes halogenated alkanes) is 1. The Labute approximate surface area is 396 Å². The summed E-state index contributed by atoms with van der Waals surface area (Å²) in [6, 6.07) is 0. The van der Waals surface area contributed by atoms with Crippen molar-refractivity contribution in [2.24, 2.45) is 0 Å². The Morgan fingerprint density at radius 1 is 0.348 bits per heavy atom. The summed E-state index contributed by atoms with van der Waals surface area (Å²) < 4.78 is 40.9. The van der Waals surface area contributed by atoms with Crippen LogP contribution in [-0.4, -0.2) is 152 Å². The molecule has 0 aromatic carbocycles. The maximum Gasteiger partial charge on any atom is 0.417 e. The molecule has 0 spiro atoms. The van der Waals surface area contributed by atoms with Crippen molar-refractivity contribution in [3.8, 4) is 0 Å². The zero-order valence-corrected chi connectivity index (χ0v) is 38.6. The smallest absolute Gasteiger partial charge is 0.417 e. The molecule has 0 amide bonds. The van der Waals surface area contributed by atoms with E-state index in [0.29, 0.717) is 12.2 Å². The number of ether oxygens (including phenoxy) is 9. The molecule has 0 aromatic rings. The van der Waals surface area contributed by atoms with Crippen LogP contribution in [0.1, 0.15) is 61.3 Å². The van der Waals surface area contributed by atoms with E-state index in [1.807, 2.05) is 0 Å². The first-order valence-corrected chi connectivity index (χ1v) is 19.3. The predicted octanol–water partition coefficient (Wildman–Crippen LogP) is 2.23. The molecule has 0 radical (unpaired) electrons. The highest BCUT2D eigenvalue weighted by Gasteiger charge is 2.19. The van der Waals surface area contributed by atoms with Crippen LogP contribution in [-0.2, 0) is 100 Å². The number of aliphatic hydroxyl groups excluding tert-OH is 2. The minimum Gasteiger partial charge on any atom is -0.460 e. The molecule has 0 aliphatic heterocycles. The minimum absolute atomic E-state index is 0. The van der Waals surface area contributed by atoms with E-state index in [2.05, 4.69) is 99.1 Å². The van der Waals surface area contributed by atoms with E-state index in [1.165, 1.54) is 20.8 Å². The van der Waals surface area contributed by atoms with Gasteiger partial charge in [-0.05, 0) is 68.9 Å². The molecule has 0 fully saturated rings. The van der Waals surface area contributed by atoms with Gasteiger partial charge < -0.3 is 52.8 Å². The van der Waals surface area contributed by atoms with Gasteiger partial charge in [-0.3, -0.25) is 14.4 Å². The second kappa shape index (κ2) is 47.0. The van der Waals surface area contributed by atoms with Crippen molar-refractivity contribution in [3.05, 3.63) is 48.6 Å². The van der Waals surface area contributed by atoms with E-state index in [-0.39, 0.29) is 96.6 Å². The number of halogens is 3. The second-order valence-corrected chi connectivity index (χ2v) is 12.3. The van der Waals surface area contributed by atoms with Gasteiger partial charge in [0.2, 0.25) is 0 Å². The Bertz CT molecular complexity index is 1550. The standard InChI is InChI=1S/C19H24O12.C8H9ClO5.C6H10O3.C4H10O.C2Cl2O2.CH4/c1-12(2)14(20)28-8-10-30-18(24)16(22)26-6-5-7-27-17(23)19(25)31-11-9-29-15(21)13(3)4;1-5(2)7(11)13-3-4-14-8(12)6(9)10;1-5(2)6(8)9-4-3-7;1-2-3-4-5;3-1(5)2(4)6;/h1,3,5-11H2,2,4H3;1,3-4H2,2H3;7H,1,3-4H2,2H3;5H,2-4H2,1H3;;1H4.